The zero-order chi connectivity index (χ0) is 25.8. The Balaban J connectivity index is 1.28. The van der Waals surface area contributed by atoms with E-state index in [0.29, 0.717) is 34.3 Å². The van der Waals surface area contributed by atoms with Gasteiger partial charge in [-0.15, -0.1) is 10.2 Å². The molecule has 2 aromatic heterocycles. The van der Waals surface area contributed by atoms with Gasteiger partial charge in [0.1, 0.15) is 6.10 Å². The molecule has 0 aliphatic rings. The lowest BCUT2D eigenvalue weighted by Gasteiger charge is -2.15. The molecular weight excluding hydrogens is 490 g/mol. The predicted molar refractivity (Wildman–Crippen MR) is 139 cm³/mol. The van der Waals surface area contributed by atoms with Crippen molar-refractivity contribution in [3.8, 4) is 22.5 Å². The predicted octanol–water partition coefficient (Wildman–Crippen LogP) is 5.92. The van der Waals surface area contributed by atoms with Gasteiger partial charge in [0, 0.05) is 28.1 Å². The molecule has 8 nitrogen and oxygen atoms in total. The molecule has 1 N–H and O–H groups in total. The van der Waals surface area contributed by atoms with Gasteiger partial charge in [-0.2, -0.15) is 5.21 Å². The lowest BCUT2D eigenvalue weighted by Crippen LogP contribution is -2.12. The topological polar surface area (TPSA) is 107 Å². The van der Waals surface area contributed by atoms with E-state index in [4.69, 9.17) is 20.9 Å². The lowest BCUT2D eigenvalue weighted by molar-refractivity contribution is -0.147. The smallest absolute Gasteiger partial charge is 0.311 e. The number of nitrogens with one attached hydrogen (secondary N) is 1. The van der Waals surface area contributed by atoms with Crippen molar-refractivity contribution in [2.45, 2.75) is 32.8 Å². The third-order valence-electron chi connectivity index (χ3n) is 6.14. The maximum atomic E-state index is 12.8. The average molecular weight is 514 g/mol. The van der Waals surface area contributed by atoms with Crippen molar-refractivity contribution >= 4 is 17.6 Å². The molecule has 0 amide bonds. The minimum atomic E-state index is -0.470. The number of aromatic amines is 1. The maximum Gasteiger partial charge on any atom is 0.311 e. The molecule has 5 aromatic rings. The summed E-state index contributed by atoms with van der Waals surface area (Å²) in [5.74, 6) is 0.830. The van der Waals surface area contributed by atoms with Gasteiger partial charge in [-0.25, -0.2) is 0 Å². The summed E-state index contributed by atoms with van der Waals surface area (Å²) in [6, 6.07) is 23.5. The number of hydrogen-bond donors (Lipinski definition) is 1. The zero-order valence-electron chi connectivity index (χ0n) is 20.3. The Hall–Kier alpha value is -4.30. The van der Waals surface area contributed by atoms with Gasteiger partial charge in [0.15, 0.2) is 11.6 Å². The Labute approximate surface area is 218 Å². The van der Waals surface area contributed by atoms with Crippen LogP contribution in [0.15, 0.2) is 77.3 Å². The van der Waals surface area contributed by atoms with Crippen molar-refractivity contribution in [1.29, 1.82) is 0 Å². The molecule has 0 aliphatic carbocycles. The summed E-state index contributed by atoms with van der Waals surface area (Å²) in [6.07, 6.45) is 0.189. The number of hydrogen-bond acceptors (Lipinski definition) is 7. The average Bonchev–Trinajstić information content (AvgIpc) is 3.55. The molecule has 5 rings (SSSR count). The molecule has 0 unspecified atom stereocenters. The van der Waals surface area contributed by atoms with Gasteiger partial charge in [-0.3, -0.25) is 4.79 Å². The van der Waals surface area contributed by atoms with Crippen LogP contribution in [0.5, 0.6) is 0 Å². The van der Waals surface area contributed by atoms with Gasteiger partial charge in [-0.05, 0) is 36.6 Å². The number of carbonyl (C=O) groups excluding carboxylic acids is 1. The first-order chi connectivity index (χ1) is 18.0. The van der Waals surface area contributed by atoms with Crippen LogP contribution in [0.2, 0.25) is 5.02 Å². The van der Waals surface area contributed by atoms with E-state index < -0.39 is 6.10 Å². The summed E-state index contributed by atoms with van der Waals surface area (Å²) < 4.78 is 11.3. The fraction of sp³-hybridized carbons (Fsp3) is 0.179. The number of carbonyl (C=O) groups is 1. The molecule has 1 atom stereocenters. The van der Waals surface area contributed by atoms with Crippen LogP contribution < -0.4 is 0 Å². The quantitative estimate of drug-likeness (QED) is 0.256. The summed E-state index contributed by atoms with van der Waals surface area (Å²) in [5, 5.41) is 18.7. The maximum absolute atomic E-state index is 12.8. The van der Waals surface area contributed by atoms with Crippen molar-refractivity contribution in [1.82, 2.24) is 25.8 Å². The first-order valence-electron chi connectivity index (χ1n) is 11.8. The highest BCUT2D eigenvalue weighted by Gasteiger charge is 2.21. The molecule has 0 aliphatic heterocycles. The van der Waals surface area contributed by atoms with Crippen LogP contribution in [-0.2, 0) is 22.4 Å². The number of H-pyrrole nitrogens is 1. The Kier molecular flexibility index (Phi) is 7.09. The summed E-state index contributed by atoms with van der Waals surface area (Å²) in [7, 11) is 0. The van der Waals surface area contributed by atoms with E-state index >= 15 is 0 Å². The molecule has 0 saturated carbocycles. The van der Waals surface area contributed by atoms with Crippen LogP contribution in [0, 0.1) is 6.92 Å². The van der Waals surface area contributed by atoms with Crippen LogP contribution >= 0.6 is 11.6 Å². The number of rotatable bonds is 8. The van der Waals surface area contributed by atoms with Gasteiger partial charge in [-0.1, -0.05) is 88.7 Å². The largest absolute Gasteiger partial charge is 0.457 e. The van der Waals surface area contributed by atoms with Crippen molar-refractivity contribution < 1.29 is 14.1 Å². The summed E-state index contributed by atoms with van der Waals surface area (Å²) in [6.45, 7) is 3.62. The standard InChI is InChI=1S/C28H24ClN5O3/c1-17-24(16-27(35)36-18(2)23-5-3-4-6-25(23)29)28(37-32-17)22-13-11-21(12-14-22)20-9-7-19(8-10-20)15-26-30-33-34-31-26/h3-14,18H,15-16H2,1-2H3,(H,30,31,33,34)/t18-/m1/s1. The number of tetrazole rings is 1. The third-order valence-corrected chi connectivity index (χ3v) is 6.49. The van der Waals surface area contributed by atoms with E-state index in [1.54, 1.807) is 13.0 Å². The molecule has 0 fully saturated rings. The first kappa shape index (κ1) is 24.4. The summed E-state index contributed by atoms with van der Waals surface area (Å²) in [4.78, 5) is 12.8. The number of halogens is 1. The van der Waals surface area contributed by atoms with E-state index in [1.807, 2.05) is 61.5 Å². The van der Waals surface area contributed by atoms with Crippen LogP contribution in [0.1, 0.15) is 41.2 Å². The fourth-order valence-electron chi connectivity index (χ4n) is 4.14. The van der Waals surface area contributed by atoms with E-state index in [2.05, 4.69) is 37.9 Å². The molecule has 0 saturated heterocycles. The van der Waals surface area contributed by atoms with Crippen molar-refractivity contribution in [3.05, 3.63) is 106 Å². The highest BCUT2D eigenvalue weighted by atomic mass is 35.5. The molecule has 2 heterocycles. The Morgan fingerprint density at radius 1 is 1.00 bits per heavy atom. The summed E-state index contributed by atoms with van der Waals surface area (Å²) >= 11 is 6.24. The lowest BCUT2D eigenvalue weighted by atomic mass is 9.99. The number of ether oxygens (including phenoxy) is 1. The second-order valence-corrected chi connectivity index (χ2v) is 9.09. The highest BCUT2D eigenvalue weighted by molar-refractivity contribution is 6.31. The second-order valence-electron chi connectivity index (χ2n) is 8.69. The van der Waals surface area contributed by atoms with E-state index in [1.165, 1.54) is 0 Å². The molecule has 37 heavy (non-hydrogen) atoms. The number of benzene rings is 3. The van der Waals surface area contributed by atoms with E-state index in [0.717, 1.165) is 27.8 Å². The normalized spacial score (nSPS) is 11.9. The molecule has 0 spiro atoms. The van der Waals surface area contributed by atoms with E-state index in [-0.39, 0.29) is 12.4 Å². The van der Waals surface area contributed by atoms with Crippen LogP contribution in [0.4, 0.5) is 0 Å². The van der Waals surface area contributed by atoms with Crippen molar-refractivity contribution in [2.24, 2.45) is 0 Å². The number of nitrogens with zero attached hydrogens (tertiary/aromatic N) is 4. The minimum Gasteiger partial charge on any atom is -0.457 e. The van der Waals surface area contributed by atoms with Crippen LogP contribution in [0.25, 0.3) is 22.5 Å². The van der Waals surface area contributed by atoms with E-state index in [9.17, 15) is 4.79 Å². The van der Waals surface area contributed by atoms with Crippen molar-refractivity contribution in [2.75, 3.05) is 0 Å². The fourth-order valence-corrected chi connectivity index (χ4v) is 4.43. The number of aromatic nitrogens is 5. The molecule has 0 radical (unpaired) electrons. The molecule has 186 valence electrons. The Morgan fingerprint density at radius 2 is 1.68 bits per heavy atom. The Bertz CT molecular complexity index is 1500. The monoisotopic (exact) mass is 513 g/mol. The van der Waals surface area contributed by atoms with Gasteiger partial charge in [0.2, 0.25) is 0 Å². The number of aryl methyl sites for hydroxylation is 1. The van der Waals surface area contributed by atoms with Crippen LogP contribution in [-0.4, -0.2) is 31.8 Å². The number of esters is 1. The third kappa shape index (κ3) is 5.59. The van der Waals surface area contributed by atoms with Gasteiger partial charge >= 0.3 is 5.97 Å². The van der Waals surface area contributed by atoms with Crippen LogP contribution in [0.3, 0.4) is 0 Å². The van der Waals surface area contributed by atoms with Gasteiger partial charge < -0.3 is 9.26 Å². The summed E-state index contributed by atoms with van der Waals surface area (Å²) in [5.41, 5.74) is 6.18. The second kappa shape index (κ2) is 10.8. The highest BCUT2D eigenvalue weighted by Crippen LogP contribution is 2.31. The molecule has 9 heteroatoms. The van der Waals surface area contributed by atoms with Gasteiger partial charge in [0.25, 0.3) is 0 Å². The van der Waals surface area contributed by atoms with Gasteiger partial charge in [0.05, 0.1) is 12.1 Å². The molecular formula is C28H24ClN5O3. The SMILES string of the molecule is Cc1noc(-c2ccc(-c3ccc(Cc4nn[nH]n4)cc3)cc2)c1CC(=O)O[C@H](C)c1ccccc1Cl. The van der Waals surface area contributed by atoms with Crippen molar-refractivity contribution in [3.63, 3.8) is 0 Å². The molecule has 0 bridgehead atoms. The molecule has 3 aromatic carbocycles. The minimum absolute atomic E-state index is 0.0447. The Morgan fingerprint density at radius 3 is 2.35 bits per heavy atom. The first-order valence-corrected chi connectivity index (χ1v) is 12.2. The zero-order valence-corrected chi connectivity index (χ0v) is 21.1.